The second-order valence-electron chi connectivity index (χ2n) is 4.71. The van der Waals surface area contributed by atoms with E-state index in [1.807, 2.05) is 0 Å². The molecule has 0 radical (unpaired) electrons. The molecule has 3 nitrogen and oxygen atoms in total. The van der Waals surface area contributed by atoms with Gasteiger partial charge in [0.05, 0.1) is 26.4 Å². The maximum absolute atomic E-state index is 6.08. The quantitative estimate of drug-likeness (QED) is 0.463. The van der Waals surface area contributed by atoms with E-state index in [2.05, 4.69) is 31.2 Å². The number of hydrogen-bond acceptors (Lipinski definition) is 3. The summed E-state index contributed by atoms with van der Waals surface area (Å²) in [5.41, 5.74) is 2.61. The number of rotatable bonds is 11. The van der Waals surface area contributed by atoms with Gasteiger partial charge in [-0.15, -0.1) is 11.6 Å². The molecule has 1 atom stereocenters. The van der Waals surface area contributed by atoms with E-state index in [1.165, 1.54) is 11.1 Å². The van der Waals surface area contributed by atoms with E-state index in [0.717, 1.165) is 6.42 Å². The zero-order valence-electron chi connectivity index (χ0n) is 12.4. The van der Waals surface area contributed by atoms with Gasteiger partial charge in [-0.25, -0.2) is 0 Å². The molecule has 20 heavy (non-hydrogen) atoms. The number of hydrogen-bond donors (Lipinski definition) is 0. The molecule has 1 unspecified atom stereocenters. The largest absolute Gasteiger partial charge is 0.382 e. The van der Waals surface area contributed by atoms with Crippen LogP contribution >= 0.6 is 11.6 Å². The lowest BCUT2D eigenvalue weighted by Crippen LogP contribution is -2.11. The summed E-state index contributed by atoms with van der Waals surface area (Å²) in [6, 6.07) is 8.39. The van der Waals surface area contributed by atoms with Gasteiger partial charge in [0.2, 0.25) is 0 Å². The summed E-state index contributed by atoms with van der Waals surface area (Å²) in [7, 11) is 1.66. The molecule has 0 aromatic heterocycles. The maximum atomic E-state index is 6.08. The maximum Gasteiger partial charge on any atom is 0.0701 e. The van der Waals surface area contributed by atoms with Gasteiger partial charge in [-0.1, -0.05) is 24.3 Å². The molecule has 1 aromatic rings. The Morgan fingerprint density at radius 2 is 1.65 bits per heavy atom. The van der Waals surface area contributed by atoms with Gasteiger partial charge in [-0.2, -0.15) is 0 Å². The molecule has 0 aliphatic heterocycles. The fraction of sp³-hybridized carbons (Fsp3) is 0.625. The predicted molar refractivity (Wildman–Crippen MR) is 82.8 cm³/mol. The molecule has 0 fully saturated rings. The van der Waals surface area contributed by atoms with E-state index >= 15 is 0 Å². The Hall–Kier alpha value is -0.610. The third-order valence-corrected chi connectivity index (χ3v) is 3.60. The van der Waals surface area contributed by atoms with E-state index in [-0.39, 0.29) is 0 Å². The molecule has 0 aliphatic rings. The van der Waals surface area contributed by atoms with E-state index in [1.54, 1.807) is 7.11 Å². The van der Waals surface area contributed by atoms with Gasteiger partial charge in [0.15, 0.2) is 0 Å². The summed E-state index contributed by atoms with van der Waals surface area (Å²) in [6.07, 6.45) is 0.937. The summed E-state index contributed by atoms with van der Waals surface area (Å²) in [4.78, 5) is 0. The topological polar surface area (TPSA) is 27.7 Å². The van der Waals surface area contributed by atoms with Crippen LogP contribution in [-0.4, -0.2) is 46.0 Å². The monoisotopic (exact) mass is 300 g/mol. The molecule has 1 aromatic carbocycles. The molecule has 0 amide bonds. The van der Waals surface area contributed by atoms with Crippen LogP contribution in [0.4, 0.5) is 0 Å². The number of aryl methyl sites for hydroxylation is 1. The van der Waals surface area contributed by atoms with Crippen LogP contribution in [-0.2, 0) is 14.2 Å². The van der Waals surface area contributed by atoms with Crippen molar-refractivity contribution in [2.45, 2.75) is 19.3 Å². The normalized spacial score (nSPS) is 12.6. The molecule has 1 rings (SSSR count). The first-order valence-corrected chi connectivity index (χ1v) is 7.59. The first-order chi connectivity index (χ1) is 9.79. The van der Waals surface area contributed by atoms with Crippen molar-refractivity contribution < 1.29 is 14.2 Å². The van der Waals surface area contributed by atoms with Gasteiger partial charge in [0.25, 0.3) is 0 Å². The third-order valence-electron chi connectivity index (χ3n) is 3.23. The summed E-state index contributed by atoms with van der Waals surface area (Å²) < 4.78 is 15.8. The Morgan fingerprint density at radius 1 is 1.00 bits per heavy atom. The Morgan fingerprint density at radius 3 is 2.30 bits per heavy atom. The number of halogens is 1. The van der Waals surface area contributed by atoms with E-state index < -0.39 is 0 Å². The van der Waals surface area contributed by atoms with Gasteiger partial charge in [0.1, 0.15) is 0 Å². The van der Waals surface area contributed by atoms with Crippen molar-refractivity contribution in [3.63, 3.8) is 0 Å². The van der Waals surface area contributed by atoms with Crippen molar-refractivity contribution in [1.82, 2.24) is 0 Å². The van der Waals surface area contributed by atoms with Crippen molar-refractivity contribution in [2.24, 2.45) is 0 Å². The van der Waals surface area contributed by atoms with Crippen LogP contribution in [0.25, 0.3) is 0 Å². The fourth-order valence-electron chi connectivity index (χ4n) is 2.05. The minimum absolute atomic E-state index is 0.354. The van der Waals surface area contributed by atoms with Gasteiger partial charge < -0.3 is 14.2 Å². The van der Waals surface area contributed by atoms with Gasteiger partial charge in [0, 0.05) is 19.6 Å². The Balaban J connectivity index is 2.18. The van der Waals surface area contributed by atoms with Crippen molar-refractivity contribution in [3.8, 4) is 0 Å². The minimum atomic E-state index is 0.354. The molecule has 0 saturated heterocycles. The second kappa shape index (κ2) is 11.1. The first kappa shape index (κ1) is 17.4. The highest BCUT2D eigenvalue weighted by Crippen LogP contribution is 2.24. The zero-order valence-corrected chi connectivity index (χ0v) is 13.2. The summed E-state index contributed by atoms with van der Waals surface area (Å²) in [5.74, 6) is 0.978. The highest BCUT2D eigenvalue weighted by molar-refractivity contribution is 6.18. The van der Waals surface area contributed by atoms with Crippen LogP contribution in [0.3, 0.4) is 0 Å². The summed E-state index contributed by atoms with van der Waals surface area (Å²) in [6.45, 7) is 5.31. The number of alkyl halides is 1. The van der Waals surface area contributed by atoms with Crippen LogP contribution in [0.2, 0.25) is 0 Å². The SMILES string of the molecule is COCCOCCOCCC(CCl)c1ccccc1C. The average molecular weight is 301 g/mol. The highest BCUT2D eigenvalue weighted by atomic mass is 35.5. The molecule has 0 spiro atoms. The minimum Gasteiger partial charge on any atom is -0.382 e. The average Bonchev–Trinajstić information content (AvgIpc) is 2.47. The lowest BCUT2D eigenvalue weighted by Gasteiger charge is -2.16. The molecule has 0 aliphatic carbocycles. The standard InChI is InChI=1S/C16H25ClO3/c1-14-5-3-4-6-16(14)15(13-17)7-8-19-11-12-20-10-9-18-2/h3-6,15H,7-13H2,1-2H3. The van der Waals surface area contributed by atoms with Crippen molar-refractivity contribution in [2.75, 3.05) is 46.0 Å². The predicted octanol–water partition coefficient (Wildman–Crippen LogP) is 3.39. The molecule has 4 heteroatoms. The number of benzene rings is 1. The van der Waals surface area contributed by atoms with Crippen molar-refractivity contribution >= 4 is 11.6 Å². The van der Waals surface area contributed by atoms with Crippen molar-refractivity contribution in [1.29, 1.82) is 0 Å². The molecule has 0 N–H and O–H groups in total. The van der Waals surface area contributed by atoms with Crippen LogP contribution < -0.4 is 0 Å². The first-order valence-electron chi connectivity index (χ1n) is 7.05. The van der Waals surface area contributed by atoms with Crippen LogP contribution in [0.15, 0.2) is 24.3 Å². The smallest absolute Gasteiger partial charge is 0.0701 e. The van der Waals surface area contributed by atoms with Gasteiger partial charge in [-0.3, -0.25) is 0 Å². The van der Waals surface area contributed by atoms with Gasteiger partial charge >= 0.3 is 0 Å². The number of ether oxygens (including phenoxy) is 3. The van der Waals surface area contributed by atoms with E-state index in [4.69, 9.17) is 25.8 Å². The van der Waals surface area contributed by atoms with Gasteiger partial charge in [-0.05, 0) is 30.4 Å². The Bertz CT molecular complexity index is 357. The summed E-state index contributed by atoms with van der Waals surface area (Å²) >= 11 is 6.08. The fourth-order valence-corrected chi connectivity index (χ4v) is 2.37. The Kier molecular flexibility index (Phi) is 9.67. The number of methoxy groups -OCH3 is 1. The molecule has 0 heterocycles. The van der Waals surface area contributed by atoms with E-state index in [9.17, 15) is 0 Å². The second-order valence-corrected chi connectivity index (χ2v) is 5.02. The Labute approximate surface area is 127 Å². The molecule has 114 valence electrons. The van der Waals surface area contributed by atoms with Crippen LogP contribution in [0, 0.1) is 6.92 Å². The molecular formula is C16H25ClO3. The zero-order chi connectivity index (χ0) is 14.6. The lowest BCUT2D eigenvalue weighted by molar-refractivity contribution is 0.0235. The molecule has 0 saturated carbocycles. The third kappa shape index (κ3) is 6.71. The molecule has 0 bridgehead atoms. The van der Waals surface area contributed by atoms with Crippen molar-refractivity contribution in [3.05, 3.63) is 35.4 Å². The van der Waals surface area contributed by atoms with E-state index in [0.29, 0.717) is 44.8 Å². The van der Waals surface area contributed by atoms with Crippen LogP contribution in [0.1, 0.15) is 23.5 Å². The lowest BCUT2D eigenvalue weighted by atomic mass is 9.94. The summed E-state index contributed by atoms with van der Waals surface area (Å²) in [5, 5.41) is 0. The van der Waals surface area contributed by atoms with Crippen LogP contribution in [0.5, 0.6) is 0 Å². The highest BCUT2D eigenvalue weighted by Gasteiger charge is 2.12. The molecular weight excluding hydrogens is 276 g/mol.